The molecule has 29 heavy (non-hydrogen) atoms. The number of carbonyl (C=O) groups excluding carboxylic acids is 3. The predicted molar refractivity (Wildman–Crippen MR) is 107 cm³/mol. The molecule has 4 aliphatic carbocycles. The van der Waals surface area contributed by atoms with Crippen molar-refractivity contribution in [1.82, 2.24) is 5.32 Å². The highest BCUT2D eigenvalue weighted by molar-refractivity contribution is 5.99. The quantitative estimate of drug-likeness (QED) is 0.713. The number of ether oxygens (including phenoxy) is 2. The summed E-state index contributed by atoms with van der Waals surface area (Å²) in [6, 6.07) is 4.39. The number of nitrogens with one attached hydrogen (secondary N) is 2. The number of carbonyl (C=O) groups is 3. The molecule has 1 aromatic rings. The Hall–Kier alpha value is -2.41. The lowest BCUT2D eigenvalue weighted by Gasteiger charge is -2.57. The zero-order chi connectivity index (χ0) is 20.6. The van der Waals surface area contributed by atoms with Gasteiger partial charge in [0.15, 0.2) is 0 Å². The Labute approximate surface area is 170 Å². The van der Waals surface area contributed by atoms with Crippen LogP contribution in [0.3, 0.4) is 0 Å². The zero-order valence-corrected chi connectivity index (χ0v) is 17.0. The SMILES string of the molecule is COC(=O)c1cc(NC(=O)CNC23CC4CC(CC(C4)C2)C3)cc(C(=O)OC)c1. The number of rotatable bonds is 6. The summed E-state index contributed by atoms with van der Waals surface area (Å²) < 4.78 is 9.47. The molecule has 1 amide bonds. The standard InChI is InChI=1S/C22H28N2O5/c1-28-20(26)16-6-17(21(27)29-2)8-18(7-16)24-19(25)12-23-22-9-13-3-14(10-22)5-15(4-13)11-22/h6-8,13-15,23H,3-5,9-12H2,1-2H3,(H,24,25). The third kappa shape index (κ3) is 4.15. The number of hydrogen-bond acceptors (Lipinski definition) is 6. The molecule has 7 heteroatoms. The third-order valence-corrected chi connectivity index (χ3v) is 6.72. The van der Waals surface area contributed by atoms with Crippen LogP contribution >= 0.6 is 0 Å². The fourth-order valence-electron chi connectivity index (χ4n) is 5.97. The predicted octanol–water partition coefficient (Wildman–Crippen LogP) is 2.76. The maximum absolute atomic E-state index is 12.6. The lowest BCUT2D eigenvalue weighted by molar-refractivity contribution is -0.116. The highest BCUT2D eigenvalue weighted by Gasteiger charge is 2.50. The minimum absolute atomic E-state index is 0.0944. The molecule has 4 aliphatic rings. The molecule has 0 unspecified atom stereocenters. The maximum atomic E-state index is 12.6. The van der Waals surface area contributed by atoms with Crippen LogP contribution in [0.15, 0.2) is 18.2 Å². The van der Waals surface area contributed by atoms with E-state index >= 15 is 0 Å². The number of amides is 1. The Morgan fingerprint density at radius 2 is 1.38 bits per heavy atom. The molecule has 5 rings (SSSR count). The fraction of sp³-hybridized carbons (Fsp3) is 0.591. The lowest BCUT2D eigenvalue weighted by atomic mass is 9.53. The summed E-state index contributed by atoms with van der Waals surface area (Å²) in [6.45, 7) is 0.210. The van der Waals surface area contributed by atoms with E-state index < -0.39 is 11.9 Å². The van der Waals surface area contributed by atoms with Crippen LogP contribution < -0.4 is 10.6 Å². The Balaban J connectivity index is 1.43. The van der Waals surface area contributed by atoms with Gasteiger partial charge in [0.05, 0.1) is 31.9 Å². The van der Waals surface area contributed by atoms with E-state index in [1.54, 1.807) is 0 Å². The van der Waals surface area contributed by atoms with Gasteiger partial charge in [0.2, 0.25) is 5.91 Å². The Morgan fingerprint density at radius 1 is 0.897 bits per heavy atom. The van der Waals surface area contributed by atoms with Gasteiger partial charge in [0, 0.05) is 11.2 Å². The van der Waals surface area contributed by atoms with Crippen molar-refractivity contribution in [1.29, 1.82) is 0 Å². The van der Waals surface area contributed by atoms with Gasteiger partial charge in [0.25, 0.3) is 0 Å². The second-order valence-electron chi connectivity index (χ2n) is 8.88. The number of esters is 2. The average Bonchev–Trinajstić information content (AvgIpc) is 2.70. The first-order valence-electron chi connectivity index (χ1n) is 10.3. The van der Waals surface area contributed by atoms with E-state index in [1.807, 2.05) is 0 Å². The van der Waals surface area contributed by atoms with Gasteiger partial charge in [-0.15, -0.1) is 0 Å². The Kier molecular flexibility index (Phi) is 5.34. The van der Waals surface area contributed by atoms with Crippen LogP contribution in [0.1, 0.15) is 59.2 Å². The smallest absolute Gasteiger partial charge is 0.337 e. The van der Waals surface area contributed by atoms with Crippen LogP contribution in [0.25, 0.3) is 0 Å². The number of methoxy groups -OCH3 is 2. The van der Waals surface area contributed by atoms with E-state index in [-0.39, 0.29) is 29.1 Å². The van der Waals surface area contributed by atoms with Gasteiger partial charge < -0.3 is 20.1 Å². The van der Waals surface area contributed by atoms with E-state index in [9.17, 15) is 14.4 Å². The Bertz CT molecular complexity index is 765. The highest BCUT2D eigenvalue weighted by atomic mass is 16.5. The molecule has 4 saturated carbocycles. The Morgan fingerprint density at radius 3 is 1.83 bits per heavy atom. The highest BCUT2D eigenvalue weighted by Crippen LogP contribution is 2.55. The van der Waals surface area contributed by atoms with Gasteiger partial charge in [-0.2, -0.15) is 0 Å². The molecule has 2 N–H and O–H groups in total. The second kappa shape index (κ2) is 7.78. The topological polar surface area (TPSA) is 93.7 Å². The molecular weight excluding hydrogens is 372 g/mol. The molecule has 156 valence electrons. The van der Waals surface area contributed by atoms with E-state index in [0.717, 1.165) is 37.0 Å². The van der Waals surface area contributed by atoms with E-state index in [0.29, 0.717) is 5.69 Å². The van der Waals surface area contributed by atoms with Gasteiger partial charge in [-0.25, -0.2) is 9.59 Å². The van der Waals surface area contributed by atoms with Gasteiger partial charge in [-0.05, 0) is 74.5 Å². The van der Waals surface area contributed by atoms with Crippen molar-refractivity contribution in [2.24, 2.45) is 17.8 Å². The molecule has 0 atom stereocenters. The lowest BCUT2D eigenvalue weighted by Crippen LogP contribution is -2.59. The second-order valence-corrected chi connectivity index (χ2v) is 8.88. The van der Waals surface area contributed by atoms with E-state index in [4.69, 9.17) is 9.47 Å². The normalized spacial score (nSPS) is 29.4. The zero-order valence-electron chi connectivity index (χ0n) is 17.0. The van der Waals surface area contributed by atoms with Crippen molar-refractivity contribution in [3.05, 3.63) is 29.3 Å². The molecule has 7 nitrogen and oxygen atoms in total. The van der Waals surface area contributed by atoms with Crippen molar-refractivity contribution in [2.45, 2.75) is 44.1 Å². The minimum atomic E-state index is -0.585. The van der Waals surface area contributed by atoms with Gasteiger partial charge >= 0.3 is 11.9 Å². The van der Waals surface area contributed by atoms with Gasteiger partial charge in [-0.1, -0.05) is 0 Å². The molecule has 4 fully saturated rings. The van der Waals surface area contributed by atoms with Crippen molar-refractivity contribution in [3.8, 4) is 0 Å². The van der Waals surface area contributed by atoms with Crippen LogP contribution in [0.2, 0.25) is 0 Å². The van der Waals surface area contributed by atoms with Crippen molar-refractivity contribution in [2.75, 3.05) is 26.1 Å². The van der Waals surface area contributed by atoms with Crippen molar-refractivity contribution >= 4 is 23.5 Å². The van der Waals surface area contributed by atoms with E-state index in [2.05, 4.69) is 10.6 Å². The first-order chi connectivity index (χ1) is 13.9. The molecule has 0 saturated heterocycles. The maximum Gasteiger partial charge on any atom is 0.337 e. The summed E-state index contributed by atoms with van der Waals surface area (Å²) in [6.07, 6.45) is 7.54. The summed E-state index contributed by atoms with van der Waals surface area (Å²) in [5, 5.41) is 6.35. The number of hydrogen-bond donors (Lipinski definition) is 2. The molecule has 0 heterocycles. The number of anilines is 1. The molecule has 0 radical (unpaired) electrons. The first-order valence-corrected chi connectivity index (χ1v) is 10.3. The van der Waals surface area contributed by atoms with Gasteiger partial charge in [-0.3, -0.25) is 4.79 Å². The van der Waals surface area contributed by atoms with Crippen molar-refractivity contribution < 1.29 is 23.9 Å². The third-order valence-electron chi connectivity index (χ3n) is 6.72. The first kappa shape index (κ1) is 19.9. The molecule has 0 aromatic heterocycles. The summed E-state index contributed by atoms with van der Waals surface area (Å²) in [5.74, 6) is 1.04. The summed E-state index contributed by atoms with van der Waals surface area (Å²) in [4.78, 5) is 36.4. The minimum Gasteiger partial charge on any atom is -0.465 e. The number of benzene rings is 1. The van der Waals surface area contributed by atoms with Gasteiger partial charge in [0.1, 0.15) is 0 Å². The fourth-order valence-corrected chi connectivity index (χ4v) is 5.97. The average molecular weight is 400 g/mol. The molecular formula is C22H28N2O5. The molecule has 1 aromatic carbocycles. The summed E-state index contributed by atoms with van der Waals surface area (Å²) in [5.41, 5.74) is 0.821. The molecule has 4 bridgehead atoms. The summed E-state index contributed by atoms with van der Waals surface area (Å²) in [7, 11) is 2.53. The van der Waals surface area contributed by atoms with E-state index in [1.165, 1.54) is 51.7 Å². The van der Waals surface area contributed by atoms with Crippen molar-refractivity contribution in [3.63, 3.8) is 0 Å². The van der Waals surface area contributed by atoms with Crippen LogP contribution in [0.5, 0.6) is 0 Å². The van der Waals surface area contributed by atoms with Crippen LogP contribution in [-0.2, 0) is 14.3 Å². The molecule has 0 spiro atoms. The van der Waals surface area contributed by atoms with Crippen LogP contribution in [0, 0.1) is 17.8 Å². The van der Waals surface area contributed by atoms with Crippen LogP contribution in [-0.4, -0.2) is 44.1 Å². The molecule has 0 aliphatic heterocycles. The summed E-state index contributed by atoms with van der Waals surface area (Å²) >= 11 is 0. The largest absolute Gasteiger partial charge is 0.465 e. The van der Waals surface area contributed by atoms with Crippen LogP contribution in [0.4, 0.5) is 5.69 Å². The monoisotopic (exact) mass is 400 g/mol.